The lowest BCUT2D eigenvalue weighted by Crippen LogP contribution is -2.45. The van der Waals surface area contributed by atoms with Gasteiger partial charge in [0, 0.05) is 50.2 Å². The third kappa shape index (κ3) is 3.17. The molecule has 5 heteroatoms. The van der Waals surface area contributed by atoms with Crippen molar-refractivity contribution in [2.45, 2.75) is 20.4 Å². The van der Waals surface area contributed by atoms with Crippen LogP contribution >= 0.6 is 0 Å². The molecule has 18 heavy (non-hydrogen) atoms. The summed E-state index contributed by atoms with van der Waals surface area (Å²) < 4.78 is 0. The van der Waals surface area contributed by atoms with Crippen LogP contribution in [0.3, 0.4) is 0 Å². The van der Waals surface area contributed by atoms with Gasteiger partial charge in [0.2, 0.25) is 5.95 Å². The molecule has 1 aromatic rings. The molecule has 0 amide bonds. The zero-order valence-corrected chi connectivity index (χ0v) is 11.6. The fourth-order valence-corrected chi connectivity index (χ4v) is 2.07. The average molecular weight is 249 g/mol. The van der Waals surface area contributed by atoms with Gasteiger partial charge in [-0.1, -0.05) is 6.92 Å². The molecule has 1 N–H and O–H groups in total. The Hall–Kier alpha value is -1.20. The van der Waals surface area contributed by atoms with E-state index in [4.69, 9.17) is 0 Å². The largest absolute Gasteiger partial charge is 0.338 e. The zero-order chi connectivity index (χ0) is 13.0. The van der Waals surface area contributed by atoms with E-state index >= 15 is 0 Å². The van der Waals surface area contributed by atoms with Gasteiger partial charge in [-0.3, -0.25) is 0 Å². The zero-order valence-electron chi connectivity index (χ0n) is 11.6. The number of likely N-dealkylation sites (N-methyl/N-ethyl adjacent to an activating group) is 1. The average Bonchev–Trinajstić information content (AvgIpc) is 2.38. The van der Waals surface area contributed by atoms with Crippen LogP contribution in [0, 0.1) is 6.92 Å². The Balaban J connectivity index is 2.04. The lowest BCUT2D eigenvalue weighted by molar-refractivity contribution is 0.311. The minimum atomic E-state index is 0.853. The topological polar surface area (TPSA) is 44.3 Å². The third-order valence-electron chi connectivity index (χ3n) is 3.42. The van der Waals surface area contributed by atoms with Crippen LogP contribution in [0.4, 0.5) is 5.95 Å². The molecular weight excluding hydrogens is 226 g/mol. The summed E-state index contributed by atoms with van der Waals surface area (Å²) in [7, 11) is 2.16. The van der Waals surface area contributed by atoms with E-state index in [0.717, 1.165) is 50.9 Å². The smallest absolute Gasteiger partial charge is 0.225 e. The number of aromatic nitrogens is 2. The summed E-state index contributed by atoms with van der Waals surface area (Å²) in [6.07, 6.45) is 1.96. The molecule has 0 aliphatic carbocycles. The van der Waals surface area contributed by atoms with E-state index in [1.54, 1.807) is 0 Å². The molecule has 1 aliphatic heterocycles. The van der Waals surface area contributed by atoms with Gasteiger partial charge in [-0.15, -0.1) is 0 Å². The Bertz CT molecular complexity index is 385. The van der Waals surface area contributed by atoms with Crippen molar-refractivity contribution in [3.8, 4) is 0 Å². The number of hydrogen-bond donors (Lipinski definition) is 1. The van der Waals surface area contributed by atoms with Crippen molar-refractivity contribution >= 4 is 5.95 Å². The molecule has 1 fully saturated rings. The van der Waals surface area contributed by atoms with E-state index in [-0.39, 0.29) is 0 Å². The summed E-state index contributed by atoms with van der Waals surface area (Å²) in [4.78, 5) is 13.7. The van der Waals surface area contributed by atoms with Crippen LogP contribution in [-0.2, 0) is 6.54 Å². The Morgan fingerprint density at radius 1 is 1.28 bits per heavy atom. The van der Waals surface area contributed by atoms with Crippen molar-refractivity contribution in [2.24, 2.45) is 0 Å². The number of anilines is 1. The molecule has 0 atom stereocenters. The second-order valence-electron chi connectivity index (χ2n) is 4.85. The monoisotopic (exact) mass is 249 g/mol. The molecule has 0 spiro atoms. The van der Waals surface area contributed by atoms with Crippen LogP contribution in [0.1, 0.15) is 18.2 Å². The van der Waals surface area contributed by atoms with Gasteiger partial charge in [-0.05, 0) is 20.5 Å². The van der Waals surface area contributed by atoms with E-state index in [1.807, 2.05) is 6.20 Å². The predicted molar refractivity (Wildman–Crippen MR) is 73.9 cm³/mol. The molecule has 0 saturated carbocycles. The Morgan fingerprint density at radius 2 is 2.00 bits per heavy atom. The maximum atomic E-state index is 4.63. The quantitative estimate of drug-likeness (QED) is 0.848. The van der Waals surface area contributed by atoms with Crippen LogP contribution in [0.15, 0.2) is 6.20 Å². The molecule has 100 valence electrons. The Morgan fingerprint density at radius 3 is 2.61 bits per heavy atom. The van der Waals surface area contributed by atoms with E-state index in [1.165, 1.54) is 5.56 Å². The summed E-state index contributed by atoms with van der Waals surface area (Å²) in [5.74, 6) is 0.876. The number of piperazine rings is 1. The second-order valence-corrected chi connectivity index (χ2v) is 4.85. The normalized spacial score (nSPS) is 17.2. The van der Waals surface area contributed by atoms with Gasteiger partial charge in [0.25, 0.3) is 0 Å². The molecule has 0 aromatic carbocycles. The van der Waals surface area contributed by atoms with Crippen molar-refractivity contribution in [3.05, 3.63) is 17.5 Å². The highest BCUT2D eigenvalue weighted by Gasteiger charge is 2.16. The number of aryl methyl sites for hydroxylation is 1. The van der Waals surface area contributed by atoms with Gasteiger partial charge in [0.1, 0.15) is 0 Å². The molecule has 0 radical (unpaired) electrons. The molecule has 0 unspecified atom stereocenters. The van der Waals surface area contributed by atoms with Gasteiger partial charge < -0.3 is 15.1 Å². The summed E-state index contributed by atoms with van der Waals surface area (Å²) in [5, 5.41) is 3.31. The minimum Gasteiger partial charge on any atom is -0.338 e. The summed E-state index contributed by atoms with van der Waals surface area (Å²) in [6, 6.07) is 0. The first-order chi connectivity index (χ1) is 8.70. The molecule has 0 bridgehead atoms. The molecule has 1 aliphatic rings. The Labute approximate surface area is 109 Å². The lowest BCUT2D eigenvalue weighted by Gasteiger charge is -2.32. The van der Waals surface area contributed by atoms with E-state index in [0.29, 0.717) is 0 Å². The SMILES string of the molecule is CCNCc1cnc(N2CCN(C)CC2)nc1C. The number of nitrogens with zero attached hydrogens (tertiary/aromatic N) is 4. The molecular formula is C13H23N5. The van der Waals surface area contributed by atoms with Gasteiger partial charge in [0.05, 0.1) is 0 Å². The van der Waals surface area contributed by atoms with Crippen LogP contribution in [-0.4, -0.2) is 54.6 Å². The van der Waals surface area contributed by atoms with E-state index < -0.39 is 0 Å². The van der Waals surface area contributed by atoms with Crippen LogP contribution < -0.4 is 10.2 Å². The van der Waals surface area contributed by atoms with Gasteiger partial charge in [-0.2, -0.15) is 0 Å². The number of hydrogen-bond acceptors (Lipinski definition) is 5. The van der Waals surface area contributed by atoms with Crippen LogP contribution in [0.5, 0.6) is 0 Å². The fraction of sp³-hybridized carbons (Fsp3) is 0.692. The van der Waals surface area contributed by atoms with Crippen molar-refractivity contribution in [2.75, 3.05) is 44.7 Å². The summed E-state index contributed by atoms with van der Waals surface area (Å²) in [6.45, 7) is 10.2. The highest BCUT2D eigenvalue weighted by molar-refractivity contribution is 5.33. The van der Waals surface area contributed by atoms with Crippen molar-refractivity contribution in [3.63, 3.8) is 0 Å². The first-order valence-corrected chi connectivity index (χ1v) is 6.67. The molecule has 1 saturated heterocycles. The highest BCUT2D eigenvalue weighted by Crippen LogP contribution is 2.13. The standard InChI is InChI=1S/C13H23N5/c1-4-14-9-12-10-15-13(16-11(12)2)18-7-5-17(3)6-8-18/h10,14H,4-9H2,1-3H3. The van der Waals surface area contributed by atoms with Crippen molar-refractivity contribution in [1.82, 2.24) is 20.2 Å². The Kier molecular flexibility index (Phi) is 4.49. The van der Waals surface area contributed by atoms with Crippen molar-refractivity contribution < 1.29 is 0 Å². The number of rotatable bonds is 4. The van der Waals surface area contributed by atoms with Gasteiger partial charge >= 0.3 is 0 Å². The minimum absolute atomic E-state index is 0.853. The van der Waals surface area contributed by atoms with Crippen LogP contribution in [0.2, 0.25) is 0 Å². The number of nitrogens with one attached hydrogen (secondary N) is 1. The third-order valence-corrected chi connectivity index (χ3v) is 3.42. The lowest BCUT2D eigenvalue weighted by atomic mass is 10.2. The van der Waals surface area contributed by atoms with Crippen molar-refractivity contribution in [1.29, 1.82) is 0 Å². The maximum absolute atomic E-state index is 4.63. The summed E-state index contributed by atoms with van der Waals surface area (Å²) >= 11 is 0. The molecule has 2 rings (SSSR count). The molecule has 2 heterocycles. The maximum Gasteiger partial charge on any atom is 0.225 e. The summed E-state index contributed by atoms with van der Waals surface area (Å²) in [5.41, 5.74) is 2.27. The van der Waals surface area contributed by atoms with Crippen LogP contribution in [0.25, 0.3) is 0 Å². The predicted octanol–water partition coefficient (Wildman–Crippen LogP) is 0.646. The molecule has 1 aromatic heterocycles. The first-order valence-electron chi connectivity index (χ1n) is 6.67. The van der Waals surface area contributed by atoms with E-state index in [9.17, 15) is 0 Å². The fourth-order valence-electron chi connectivity index (χ4n) is 2.07. The first kappa shape index (κ1) is 13.2. The highest BCUT2D eigenvalue weighted by atomic mass is 15.3. The second kappa shape index (κ2) is 6.11. The van der Waals surface area contributed by atoms with E-state index in [2.05, 4.69) is 46.0 Å². The van der Waals surface area contributed by atoms with Gasteiger partial charge in [-0.25, -0.2) is 9.97 Å². The molecule has 5 nitrogen and oxygen atoms in total. The van der Waals surface area contributed by atoms with Gasteiger partial charge in [0.15, 0.2) is 0 Å².